The molecule has 1 atom stereocenters. The standard InChI is InChI=1S/C22H26N4O3S3/c1-4-10(2)8-13-11(3)31-21-17(13)19(29)25-22(26-21)30-9-15(27)24-20-16(18(23)28)12-6-5-7-14(12)32-20/h10H,4-9H2,1-3H3,(H2,23,28)(H,24,27)(H,25,26,29). The summed E-state index contributed by atoms with van der Waals surface area (Å²) in [6.45, 7) is 6.35. The van der Waals surface area contributed by atoms with Crippen molar-refractivity contribution in [2.24, 2.45) is 11.7 Å². The van der Waals surface area contributed by atoms with E-state index in [9.17, 15) is 14.4 Å². The average Bonchev–Trinajstić information content (AvgIpc) is 3.39. The van der Waals surface area contributed by atoms with Crippen molar-refractivity contribution in [3.63, 3.8) is 0 Å². The first kappa shape index (κ1) is 23.0. The summed E-state index contributed by atoms with van der Waals surface area (Å²) < 4.78 is 0. The van der Waals surface area contributed by atoms with Crippen LogP contribution in [0.3, 0.4) is 0 Å². The van der Waals surface area contributed by atoms with E-state index in [2.05, 4.69) is 29.1 Å². The lowest BCUT2D eigenvalue weighted by Crippen LogP contribution is -2.19. The predicted octanol–water partition coefficient (Wildman–Crippen LogP) is 4.26. The summed E-state index contributed by atoms with van der Waals surface area (Å²) in [7, 11) is 0. The van der Waals surface area contributed by atoms with E-state index in [0.29, 0.717) is 31.9 Å². The van der Waals surface area contributed by atoms with E-state index < -0.39 is 5.91 Å². The van der Waals surface area contributed by atoms with Gasteiger partial charge in [0.1, 0.15) is 9.83 Å². The second kappa shape index (κ2) is 9.36. The zero-order valence-electron chi connectivity index (χ0n) is 18.3. The third-order valence-electron chi connectivity index (χ3n) is 5.85. The number of carbonyl (C=O) groups is 2. The van der Waals surface area contributed by atoms with Crippen molar-refractivity contribution in [1.82, 2.24) is 9.97 Å². The van der Waals surface area contributed by atoms with Crippen molar-refractivity contribution in [1.29, 1.82) is 0 Å². The van der Waals surface area contributed by atoms with Crippen molar-refractivity contribution in [2.45, 2.75) is 58.0 Å². The van der Waals surface area contributed by atoms with Crippen LogP contribution in [0.15, 0.2) is 9.95 Å². The minimum absolute atomic E-state index is 0.0687. The number of hydrogen-bond donors (Lipinski definition) is 3. The van der Waals surface area contributed by atoms with Gasteiger partial charge in [-0.05, 0) is 49.7 Å². The van der Waals surface area contributed by atoms with Gasteiger partial charge in [-0.15, -0.1) is 22.7 Å². The SMILES string of the molecule is CCC(C)Cc1c(C)sc2nc(SCC(=O)Nc3sc4c(c3C(N)=O)CCC4)[nH]c(=O)c12. The van der Waals surface area contributed by atoms with Gasteiger partial charge < -0.3 is 16.0 Å². The van der Waals surface area contributed by atoms with Gasteiger partial charge >= 0.3 is 0 Å². The van der Waals surface area contributed by atoms with Crippen LogP contribution in [0.25, 0.3) is 10.2 Å². The minimum atomic E-state index is -0.509. The maximum Gasteiger partial charge on any atom is 0.260 e. The number of thiophene rings is 2. The van der Waals surface area contributed by atoms with Crippen molar-refractivity contribution in [3.05, 3.63) is 36.8 Å². The number of primary amides is 1. The van der Waals surface area contributed by atoms with E-state index in [4.69, 9.17) is 5.73 Å². The minimum Gasteiger partial charge on any atom is -0.365 e. The van der Waals surface area contributed by atoms with Gasteiger partial charge in [0.05, 0.1) is 16.7 Å². The Kier molecular flexibility index (Phi) is 6.73. The molecule has 0 aromatic carbocycles. The number of rotatable bonds is 8. The van der Waals surface area contributed by atoms with Gasteiger partial charge in [0.2, 0.25) is 5.91 Å². The fourth-order valence-corrected chi connectivity index (χ4v) is 7.09. The van der Waals surface area contributed by atoms with Gasteiger partial charge in [0.25, 0.3) is 11.5 Å². The van der Waals surface area contributed by atoms with E-state index in [0.717, 1.165) is 53.0 Å². The second-order valence-corrected chi connectivity index (χ2v) is 11.4. The van der Waals surface area contributed by atoms with E-state index in [-0.39, 0.29) is 17.2 Å². The maximum atomic E-state index is 12.8. The molecule has 4 N–H and O–H groups in total. The van der Waals surface area contributed by atoms with E-state index in [1.807, 2.05) is 6.92 Å². The zero-order chi connectivity index (χ0) is 23.0. The van der Waals surface area contributed by atoms with Crippen LogP contribution < -0.4 is 16.6 Å². The summed E-state index contributed by atoms with van der Waals surface area (Å²) in [4.78, 5) is 47.6. The Morgan fingerprint density at radius 1 is 1.31 bits per heavy atom. The summed E-state index contributed by atoms with van der Waals surface area (Å²) in [5, 5.41) is 4.43. The number of aromatic amines is 1. The van der Waals surface area contributed by atoms with Crippen molar-refractivity contribution in [2.75, 3.05) is 11.1 Å². The molecule has 0 saturated heterocycles. The lowest BCUT2D eigenvalue weighted by Gasteiger charge is -2.08. The molecular formula is C22H26N4O3S3. The number of thioether (sulfide) groups is 1. The molecule has 0 bridgehead atoms. The topological polar surface area (TPSA) is 118 Å². The number of aromatic nitrogens is 2. The van der Waals surface area contributed by atoms with E-state index >= 15 is 0 Å². The molecule has 2 amide bonds. The highest BCUT2D eigenvalue weighted by molar-refractivity contribution is 7.99. The maximum absolute atomic E-state index is 12.8. The van der Waals surface area contributed by atoms with Gasteiger partial charge in [-0.1, -0.05) is 32.0 Å². The lowest BCUT2D eigenvalue weighted by molar-refractivity contribution is -0.113. The highest BCUT2D eigenvalue weighted by Crippen LogP contribution is 2.39. The molecule has 170 valence electrons. The molecule has 1 aliphatic rings. The highest BCUT2D eigenvalue weighted by atomic mass is 32.2. The largest absolute Gasteiger partial charge is 0.365 e. The Bertz CT molecular complexity index is 1260. The van der Waals surface area contributed by atoms with Crippen LogP contribution in [-0.2, 0) is 24.1 Å². The molecule has 0 radical (unpaired) electrons. The molecule has 4 rings (SSSR count). The predicted molar refractivity (Wildman–Crippen MR) is 132 cm³/mol. The fraction of sp³-hybridized carbons (Fsp3) is 0.455. The Morgan fingerprint density at radius 3 is 2.81 bits per heavy atom. The molecule has 0 saturated carbocycles. The molecule has 0 aliphatic heterocycles. The van der Waals surface area contributed by atoms with Crippen LogP contribution in [0.1, 0.15) is 57.9 Å². The third kappa shape index (κ3) is 4.49. The average molecular weight is 491 g/mol. The van der Waals surface area contributed by atoms with Crippen LogP contribution in [0.2, 0.25) is 0 Å². The molecule has 0 spiro atoms. The number of nitrogens with one attached hydrogen (secondary N) is 2. The first-order valence-corrected chi connectivity index (χ1v) is 13.3. The van der Waals surface area contributed by atoms with Crippen molar-refractivity contribution in [3.8, 4) is 0 Å². The molecule has 0 fully saturated rings. The smallest absolute Gasteiger partial charge is 0.260 e. The molecule has 3 aromatic rings. The van der Waals surface area contributed by atoms with Gasteiger partial charge in [-0.25, -0.2) is 4.98 Å². The van der Waals surface area contributed by atoms with Gasteiger partial charge in [0, 0.05) is 9.75 Å². The molecular weight excluding hydrogens is 464 g/mol. The number of nitrogens with two attached hydrogens (primary N) is 1. The van der Waals surface area contributed by atoms with Crippen molar-refractivity contribution >= 4 is 61.5 Å². The lowest BCUT2D eigenvalue weighted by atomic mass is 9.98. The monoisotopic (exact) mass is 490 g/mol. The summed E-state index contributed by atoms with van der Waals surface area (Å²) in [6, 6.07) is 0. The summed E-state index contributed by atoms with van der Waals surface area (Å²) in [5.41, 5.74) is 7.89. The van der Waals surface area contributed by atoms with E-state index in [1.54, 1.807) is 0 Å². The number of carbonyl (C=O) groups excluding carboxylic acids is 2. The molecule has 3 heterocycles. The highest BCUT2D eigenvalue weighted by Gasteiger charge is 2.26. The van der Waals surface area contributed by atoms with Gasteiger partial charge in [-0.2, -0.15) is 0 Å². The molecule has 7 nitrogen and oxygen atoms in total. The molecule has 1 unspecified atom stereocenters. The molecule has 3 aromatic heterocycles. The normalized spacial score (nSPS) is 14.0. The number of hydrogen-bond acceptors (Lipinski definition) is 7. The van der Waals surface area contributed by atoms with Gasteiger partial charge in [0.15, 0.2) is 5.16 Å². The third-order valence-corrected chi connectivity index (χ3v) is 8.97. The fourth-order valence-electron chi connectivity index (χ4n) is 4.01. The Hall–Kier alpha value is -2.17. The van der Waals surface area contributed by atoms with Crippen LogP contribution in [0.4, 0.5) is 5.00 Å². The number of aryl methyl sites for hydroxylation is 2. The Morgan fingerprint density at radius 2 is 2.09 bits per heavy atom. The number of fused-ring (bicyclic) bond motifs is 2. The quantitative estimate of drug-likeness (QED) is 0.322. The summed E-state index contributed by atoms with van der Waals surface area (Å²) in [5.74, 6) is -0.211. The van der Waals surface area contributed by atoms with Crippen LogP contribution in [-0.4, -0.2) is 27.5 Å². The van der Waals surface area contributed by atoms with Gasteiger partial charge in [-0.3, -0.25) is 14.4 Å². The van der Waals surface area contributed by atoms with Crippen molar-refractivity contribution < 1.29 is 9.59 Å². The molecule has 1 aliphatic carbocycles. The van der Waals surface area contributed by atoms with Crippen LogP contribution >= 0.6 is 34.4 Å². The van der Waals surface area contributed by atoms with Crippen LogP contribution in [0, 0.1) is 12.8 Å². The number of H-pyrrole nitrogens is 1. The Labute approximate surface area is 198 Å². The second-order valence-electron chi connectivity index (χ2n) is 8.17. The van der Waals surface area contributed by atoms with Crippen LogP contribution in [0.5, 0.6) is 0 Å². The summed E-state index contributed by atoms with van der Waals surface area (Å²) >= 11 is 4.12. The zero-order valence-corrected chi connectivity index (χ0v) is 20.7. The Balaban J connectivity index is 1.49. The first-order chi connectivity index (χ1) is 15.3. The van der Waals surface area contributed by atoms with E-state index in [1.165, 1.54) is 34.4 Å². The number of nitrogens with zero attached hydrogens (tertiary/aromatic N) is 1. The molecule has 32 heavy (non-hydrogen) atoms. The first-order valence-electron chi connectivity index (χ1n) is 10.7. The summed E-state index contributed by atoms with van der Waals surface area (Å²) in [6.07, 6.45) is 4.65. The molecule has 10 heteroatoms. The number of amides is 2. The number of anilines is 1.